The lowest BCUT2D eigenvalue weighted by molar-refractivity contribution is 0.0953. The number of para-hydroxylation sites is 1. The highest BCUT2D eigenvalue weighted by molar-refractivity contribution is 5.95. The summed E-state index contributed by atoms with van der Waals surface area (Å²) in [4.78, 5) is 15.7. The summed E-state index contributed by atoms with van der Waals surface area (Å²) in [6, 6.07) is 16.9. The van der Waals surface area contributed by atoms with Crippen LogP contribution in [-0.4, -0.2) is 10.9 Å². The van der Waals surface area contributed by atoms with Gasteiger partial charge in [-0.05, 0) is 36.4 Å². The number of nitrogens with one attached hydrogen (secondary N) is 2. The van der Waals surface area contributed by atoms with Gasteiger partial charge < -0.3 is 5.32 Å². The van der Waals surface area contributed by atoms with E-state index in [0.717, 1.165) is 22.3 Å². The van der Waals surface area contributed by atoms with E-state index in [2.05, 4.69) is 15.7 Å². The number of aromatic nitrogens is 1. The smallest absolute Gasteiger partial charge is 0.265 e. The average molecular weight is 278 g/mol. The Bertz CT molecular complexity index is 778. The minimum absolute atomic E-state index is 0.309. The highest BCUT2D eigenvalue weighted by Crippen LogP contribution is 2.24. The van der Waals surface area contributed by atoms with Crippen LogP contribution in [0.15, 0.2) is 60.8 Å². The molecule has 0 aliphatic heterocycles. The van der Waals surface area contributed by atoms with Crippen molar-refractivity contribution in [3.63, 3.8) is 0 Å². The molecule has 0 saturated heterocycles. The third-order valence-electron chi connectivity index (χ3n) is 3.21. The van der Waals surface area contributed by atoms with Crippen molar-refractivity contribution in [1.29, 1.82) is 0 Å². The summed E-state index contributed by atoms with van der Waals surface area (Å²) in [5.74, 6) is 4.80. The van der Waals surface area contributed by atoms with Gasteiger partial charge in [0.25, 0.3) is 5.91 Å². The molecule has 3 aromatic rings. The first-order valence-corrected chi connectivity index (χ1v) is 6.50. The number of carbonyl (C=O) groups excluding carboxylic acids is 1. The predicted octanol–water partition coefficient (Wildman–Crippen LogP) is 2.58. The highest BCUT2D eigenvalue weighted by Gasteiger charge is 2.04. The van der Waals surface area contributed by atoms with Crippen LogP contribution in [0.3, 0.4) is 0 Å². The van der Waals surface area contributed by atoms with Crippen LogP contribution in [-0.2, 0) is 0 Å². The molecule has 1 heterocycles. The number of carbonyl (C=O) groups is 1. The number of pyridine rings is 1. The van der Waals surface area contributed by atoms with Crippen LogP contribution in [0, 0.1) is 0 Å². The first-order valence-electron chi connectivity index (χ1n) is 6.50. The number of hydrazine groups is 1. The molecule has 0 saturated carbocycles. The number of hydrogen-bond acceptors (Lipinski definition) is 4. The number of rotatable bonds is 3. The van der Waals surface area contributed by atoms with Gasteiger partial charge in [0.15, 0.2) is 0 Å². The zero-order chi connectivity index (χ0) is 14.7. The Kier molecular flexibility index (Phi) is 3.49. The molecule has 0 atom stereocenters. The van der Waals surface area contributed by atoms with Crippen molar-refractivity contribution in [1.82, 2.24) is 10.4 Å². The van der Waals surface area contributed by atoms with E-state index in [0.29, 0.717) is 5.56 Å². The Morgan fingerprint density at radius 2 is 1.76 bits per heavy atom. The molecule has 3 rings (SSSR count). The lowest BCUT2D eigenvalue weighted by Crippen LogP contribution is -2.29. The van der Waals surface area contributed by atoms with Gasteiger partial charge in [0, 0.05) is 28.5 Å². The van der Waals surface area contributed by atoms with Crippen molar-refractivity contribution in [2.75, 3.05) is 5.32 Å². The van der Waals surface area contributed by atoms with Gasteiger partial charge in [-0.2, -0.15) is 0 Å². The Hall–Kier alpha value is -2.92. The van der Waals surface area contributed by atoms with Gasteiger partial charge in [0.1, 0.15) is 0 Å². The molecule has 0 aliphatic rings. The average Bonchev–Trinajstić information content (AvgIpc) is 2.55. The summed E-state index contributed by atoms with van der Waals surface area (Å²) in [6.45, 7) is 0. The van der Waals surface area contributed by atoms with Crippen LogP contribution < -0.4 is 16.6 Å². The molecule has 5 heteroatoms. The maximum absolute atomic E-state index is 11.4. The van der Waals surface area contributed by atoms with Gasteiger partial charge in [-0.15, -0.1) is 0 Å². The van der Waals surface area contributed by atoms with Crippen LogP contribution in [0.25, 0.3) is 10.9 Å². The van der Waals surface area contributed by atoms with Crippen molar-refractivity contribution in [2.24, 2.45) is 5.84 Å². The van der Waals surface area contributed by atoms with Crippen LogP contribution in [0.5, 0.6) is 0 Å². The van der Waals surface area contributed by atoms with Gasteiger partial charge in [0.2, 0.25) is 0 Å². The molecule has 104 valence electrons. The molecule has 1 aromatic heterocycles. The molecule has 0 aliphatic carbocycles. The topological polar surface area (TPSA) is 80.0 Å². The maximum Gasteiger partial charge on any atom is 0.265 e. The van der Waals surface area contributed by atoms with Crippen molar-refractivity contribution >= 4 is 28.2 Å². The Morgan fingerprint density at radius 1 is 1.00 bits per heavy atom. The van der Waals surface area contributed by atoms with E-state index < -0.39 is 0 Å². The van der Waals surface area contributed by atoms with Gasteiger partial charge >= 0.3 is 0 Å². The van der Waals surface area contributed by atoms with E-state index in [1.54, 1.807) is 18.3 Å². The minimum atomic E-state index is -0.309. The number of nitrogens with zero attached hydrogens (tertiary/aromatic N) is 1. The highest BCUT2D eigenvalue weighted by atomic mass is 16.2. The first-order chi connectivity index (χ1) is 10.3. The third-order valence-corrected chi connectivity index (χ3v) is 3.21. The Morgan fingerprint density at radius 3 is 2.52 bits per heavy atom. The van der Waals surface area contributed by atoms with Gasteiger partial charge in [-0.3, -0.25) is 15.2 Å². The number of amides is 1. The summed E-state index contributed by atoms with van der Waals surface area (Å²) >= 11 is 0. The number of benzene rings is 2. The standard InChI is InChI=1S/C16H14N4O/c17-20-16(21)11-5-7-12(8-6-11)19-15-9-10-18-14-4-2-1-3-13(14)15/h1-10H,17H2,(H,18,19)(H,20,21). The summed E-state index contributed by atoms with van der Waals surface area (Å²) in [5, 5.41) is 4.37. The van der Waals surface area contributed by atoms with Crippen molar-refractivity contribution < 1.29 is 4.79 Å². The van der Waals surface area contributed by atoms with Gasteiger partial charge in [-0.1, -0.05) is 18.2 Å². The van der Waals surface area contributed by atoms with Crippen LogP contribution >= 0.6 is 0 Å². The second-order valence-electron chi connectivity index (χ2n) is 4.55. The zero-order valence-electron chi connectivity index (χ0n) is 11.2. The number of hydrogen-bond donors (Lipinski definition) is 3. The van der Waals surface area contributed by atoms with E-state index >= 15 is 0 Å². The SMILES string of the molecule is NNC(=O)c1ccc(Nc2ccnc3ccccc23)cc1. The zero-order valence-corrected chi connectivity index (χ0v) is 11.2. The fourth-order valence-electron chi connectivity index (χ4n) is 2.15. The second kappa shape index (κ2) is 5.60. The maximum atomic E-state index is 11.4. The summed E-state index contributed by atoms with van der Waals surface area (Å²) in [5.41, 5.74) is 5.41. The lowest BCUT2D eigenvalue weighted by Gasteiger charge is -2.09. The monoisotopic (exact) mass is 278 g/mol. The van der Waals surface area contributed by atoms with Gasteiger partial charge in [-0.25, -0.2) is 5.84 Å². The van der Waals surface area contributed by atoms with E-state index in [9.17, 15) is 4.79 Å². The quantitative estimate of drug-likeness (QED) is 0.391. The molecule has 0 unspecified atom stereocenters. The normalized spacial score (nSPS) is 10.3. The van der Waals surface area contributed by atoms with Crippen molar-refractivity contribution in [2.45, 2.75) is 0 Å². The molecule has 21 heavy (non-hydrogen) atoms. The fourth-order valence-corrected chi connectivity index (χ4v) is 2.15. The number of anilines is 2. The van der Waals surface area contributed by atoms with Gasteiger partial charge in [0.05, 0.1) is 5.52 Å². The largest absolute Gasteiger partial charge is 0.355 e. The number of nitrogens with two attached hydrogens (primary N) is 1. The Balaban J connectivity index is 1.90. The van der Waals surface area contributed by atoms with E-state index in [4.69, 9.17) is 5.84 Å². The molecule has 0 spiro atoms. The van der Waals surface area contributed by atoms with Crippen molar-refractivity contribution in [3.8, 4) is 0 Å². The first kappa shape index (κ1) is 13.1. The van der Waals surface area contributed by atoms with Crippen LogP contribution in [0.2, 0.25) is 0 Å². The van der Waals surface area contributed by atoms with Crippen LogP contribution in [0.4, 0.5) is 11.4 Å². The molecular weight excluding hydrogens is 264 g/mol. The molecule has 1 amide bonds. The molecule has 2 aromatic carbocycles. The molecule has 0 fully saturated rings. The summed E-state index contributed by atoms with van der Waals surface area (Å²) in [7, 11) is 0. The third kappa shape index (κ3) is 2.68. The second-order valence-corrected chi connectivity index (χ2v) is 4.55. The fraction of sp³-hybridized carbons (Fsp3) is 0. The summed E-state index contributed by atoms with van der Waals surface area (Å²) in [6.07, 6.45) is 1.76. The number of nitrogen functional groups attached to an aromatic ring is 1. The molecule has 5 nitrogen and oxygen atoms in total. The van der Waals surface area contributed by atoms with E-state index in [1.807, 2.05) is 42.5 Å². The summed E-state index contributed by atoms with van der Waals surface area (Å²) < 4.78 is 0. The van der Waals surface area contributed by atoms with Crippen molar-refractivity contribution in [3.05, 3.63) is 66.4 Å². The van der Waals surface area contributed by atoms with E-state index in [-0.39, 0.29) is 5.91 Å². The molecule has 0 bridgehead atoms. The molecule has 0 radical (unpaired) electrons. The predicted molar refractivity (Wildman–Crippen MR) is 83.1 cm³/mol. The van der Waals surface area contributed by atoms with Crippen LogP contribution in [0.1, 0.15) is 10.4 Å². The minimum Gasteiger partial charge on any atom is -0.355 e. The molecule has 4 N–H and O–H groups in total. The lowest BCUT2D eigenvalue weighted by atomic mass is 10.1. The van der Waals surface area contributed by atoms with E-state index in [1.165, 1.54) is 0 Å². The number of fused-ring (bicyclic) bond motifs is 1. The Labute approximate surface area is 121 Å². The molecular formula is C16H14N4O.